The summed E-state index contributed by atoms with van der Waals surface area (Å²) in [5.41, 5.74) is 16.3. The Bertz CT molecular complexity index is 2450. The summed E-state index contributed by atoms with van der Waals surface area (Å²) >= 11 is 0. The molecule has 4 aliphatic rings. The molecule has 5 aromatic carbocycles. The number of anilines is 1. The van der Waals surface area contributed by atoms with Crippen molar-refractivity contribution in [2.24, 2.45) is 23.2 Å². The average molecular weight is 691 g/mol. The number of aromatic nitrogens is 1. The van der Waals surface area contributed by atoms with Crippen molar-refractivity contribution in [3.8, 4) is 27.9 Å². The van der Waals surface area contributed by atoms with Gasteiger partial charge in [-0.3, -0.25) is 0 Å². The molecule has 0 saturated heterocycles. The molecule has 0 amide bonds. The third-order valence-corrected chi connectivity index (χ3v) is 13.4. The van der Waals surface area contributed by atoms with Crippen LogP contribution < -0.4 is 4.90 Å². The first-order chi connectivity index (χ1) is 25.8. The third-order valence-electron chi connectivity index (χ3n) is 13.4. The van der Waals surface area contributed by atoms with Gasteiger partial charge in [0, 0.05) is 33.9 Å². The Labute approximate surface area is 315 Å². The number of hydrogen-bond acceptors (Lipinski definition) is 1. The SMILES string of the molecule is CC1C=CC2=C(C1)C(C)(C)C1CCCCC1N2c1ccc(-c2ccc(-c3ccc(-n4c5ccccc5c5c6c(ccc54)CC(C)C=C6)cc3)cc2)cc1. The maximum Gasteiger partial charge on any atom is 0.0547 e. The predicted octanol–water partition coefficient (Wildman–Crippen LogP) is 13.6. The second kappa shape index (κ2) is 12.5. The monoisotopic (exact) mass is 690 g/mol. The van der Waals surface area contributed by atoms with E-state index in [4.69, 9.17) is 0 Å². The van der Waals surface area contributed by atoms with Gasteiger partial charge in [0.2, 0.25) is 0 Å². The quantitative estimate of drug-likeness (QED) is 0.179. The van der Waals surface area contributed by atoms with Gasteiger partial charge in [-0.15, -0.1) is 0 Å². The molecule has 6 aromatic rings. The molecule has 10 rings (SSSR count). The van der Waals surface area contributed by atoms with Crippen LogP contribution in [0.3, 0.4) is 0 Å². The number of hydrogen-bond donors (Lipinski definition) is 0. The molecule has 1 aromatic heterocycles. The van der Waals surface area contributed by atoms with E-state index in [9.17, 15) is 0 Å². The summed E-state index contributed by atoms with van der Waals surface area (Å²) in [6, 6.07) is 41.8. The number of para-hydroxylation sites is 1. The molecular weight excluding hydrogens is 641 g/mol. The maximum absolute atomic E-state index is 2.73. The topological polar surface area (TPSA) is 8.17 Å². The molecular formula is C51H50N2. The van der Waals surface area contributed by atoms with Crippen LogP contribution in [0.5, 0.6) is 0 Å². The lowest BCUT2D eigenvalue weighted by Gasteiger charge is -2.55. The molecule has 4 atom stereocenters. The zero-order valence-corrected chi connectivity index (χ0v) is 31.6. The largest absolute Gasteiger partial charge is 0.338 e. The summed E-state index contributed by atoms with van der Waals surface area (Å²) < 4.78 is 2.44. The highest BCUT2D eigenvalue weighted by Gasteiger charge is 2.48. The number of benzene rings is 5. The van der Waals surface area contributed by atoms with E-state index >= 15 is 0 Å². The van der Waals surface area contributed by atoms with E-state index in [1.165, 1.54) is 104 Å². The highest BCUT2D eigenvalue weighted by atomic mass is 15.2. The van der Waals surface area contributed by atoms with Crippen molar-refractivity contribution in [1.29, 1.82) is 0 Å². The fourth-order valence-electron chi connectivity index (χ4n) is 10.6. The van der Waals surface area contributed by atoms with Gasteiger partial charge in [-0.25, -0.2) is 0 Å². The Morgan fingerprint density at radius 1 is 0.585 bits per heavy atom. The van der Waals surface area contributed by atoms with E-state index in [0.717, 1.165) is 6.42 Å². The van der Waals surface area contributed by atoms with E-state index in [1.807, 2.05) is 0 Å². The van der Waals surface area contributed by atoms with Gasteiger partial charge < -0.3 is 9.47 Å². The van der Waals surface area contributed by atoms with Crippen LogP contribution >= 0.6 is 0 Å². The molecule has 2 nitrogen and oxygen atoms in total. The lowest BCUT2D eigenvalue weighted by Crippen LogP contribution is -2.53. The van der Waals surface area contributed by atoms with Crippen LogP contribution in [0.1, 0.15) is 70.9 Å². The molecule has 53 heavy (non-hydrogen) atoms. The van der Waals surface area contributed by atoms with Crippen molar-refractivity contribution in [3.05, 3.63) is 150 Å². The lowest BCUT2D eigenvalue weighted by atomic mass is 9.59. The molecule has 1 aliphatic heterocycles. The second-order valence-corrected chi connectivity index (χ2v) is 17.1. The highest BCUT2D eigenvalue weighted by molar-refractivity contribution is 6.13. The third kappa shape index (κ3) is 5.28. The van der Waals surface area contributed by atoms with Gasteiger partial charge in [0.15, 0.2) is 0 Å². The first kappa shape index (κ1) is 32.6. The van der Waals surface area contributed by atoms with Crippen LogP contribution in [0.15, 0.2) is 139 Å². The van der Waals surface area contributed by atoms with Crippen molar-refractivity contribution in [3.63, 3.8) is 0 Å². The molecule has 0 N–H and O–H groups in total. The molecule has 264 valence electrons. The van der Waals surface area contributed by atoms with Crippen LogP contribution in [0.25, 0.3) is 55.8 Å². The van der Waals surface area contributed by atoms with Crippen molar-refractivity contribution < 1.29 is 0 Å². The van der Waals surface area contributed by atoms with Gasteiger partial charge in [-0.05, 0) is 130 Å². The van der Waals surface area contributed by atoms with Crippen molar-refractivity contribution in [2.45, 2.75) is 72.3 Å². The van der Waals surface area contributed by atoms with Crippen molar-refractivity contribution in [2.75, 3.05) is 4.90 Å². The van der Waals surface area contributed by atoms with Crippen LogP contribution in [0, 0.1) is 23.2 Å². The molecule has 2 heteroatoms. The Morgan fingerprint density at radius 2 is 1.19 bits per heavy atom. The molecule has 0 radical (unpaired) electrons. The molecule has 1 saturated carbocycles. The Balaban J connectivity index is 0.931. The zero-order valence-electron chi connectivity index (χ0n) is 31.6. The minimum Gasteiger partial charge on any atom is -0.338 e. The molecule has 0 spiro atoms. The Kier molecular flexibility index (Phi) is 7.69. The molecule has 0 bridgehead atoms. The van der Waals surface area contributed by atoms with Crippen LogP contribution in [-0.4, -0.2) is 10.6 Å². The first-order valence-corrected chi connectivity index (χ1v) is 20.1. The van der Waals surface area contributed by atoms with Crippen LogP contribution in [0.2, 0.25) is 0 Å². The second-order valence-electron chi connectivity index (χ2n) is 17.1. The molecule has 2 heterocycles. The zero-order chi connectivity index (χ0) is 35.8. The summed E-state index contributed by atoms with van der Waals surface area (Å²) in [5.74, 6) is 1.91. The fourth-order valence-corrected chi connectivity index (χ4v) is 10.6. The summed E-state index contributed by atoms with van der Waals surface area (Å²) in [6.07, 6.45) is 17.2. The number of nitrogens with zero attached hydrogens (tertiary/aromatic N) is 2. The van der Waals surface area contributed by atoms with E-state index < -0.39 is 0 Å². The van der Waals surface area contributed by atoms with E-state index in [2.05, 4.69) is 171 Å². The van der Waals surface area contributed by atoms with E-state index in [1.54, 1.807) is 5.57 Å². The number of allylic oxidation sites excluding steroid dienone is 4. The predicted molar refractivity (Wildman–Crippen MR) is 226 cm³/mol. The minimum absolute atomic E-state index is 0.263. The number of fused-ring (bicyclic) bond motifs is 6. The Hall–Kier alpha value is -5.08. The minimum atomic E-state index is 0.263. The lowest BCUT2D eigenvalue weighted by molar-refractivity contribution is 0.144. The van der Waals surface area contributed by atoms with E-state index in [0.29, 0.717) is 23.8 Å². The van der Waals surface area contributed by atoms with Gasteiger partial charge in [0.05, 0.1) is 11.0 Å². The summed E-state index contributed by atoms with van der Waals surface area (Å²) in [5, 5.41) is 2.70. The number of rotatable bonds is 4. The molecule has 1 fully saturated rings. The van der Waals surface area contributed by atoms with Gasteiger partial charge in [-0.1, -0.05) is 132 Å². The van der Waals surface area contributed by atoms with Crippen LogP contribution in [0.4, 0.5) is 5.69 Å². The van der Waals surface area contributed by atoms with Crippen molar-refractivity contribution >= 4 is 33.6 Å². The van der Waals surface area contributed by atoms with E-state index in [-0.39, 0.29) is 5.41 Å². The average Bonchev–Trinajstić information content (AvgIpc) is 3.53. The van der Waals surface area contributed by atoms with Gasteiger partial charge in [0.25, 0.3) is 0 Å². The maximum atomic E-state index is 2.73. The van der Waals surface area contributed by atoms with Gasteiger partial charge >= 0.3 is 0 Å². The molecule has 3 aliphatic carbocycles. The fraction of sp³-hybridized carbons (Fsp3) is 0.294. The first-order valence-electron chi connectivity index (χ1n) is 20.1. The highest BCUT2D eigenvalue weighted by Crippen LogP contribution is 2.55. The summed E-state index contributed by atoms with van der Waals surface area (Å²) in [7, 11) is 0. The standard InChI is InChI=1S/C51H50N2/c1-33-13-28-42-39(31-33)23-30-49-50(42)43-9-5-7-11-46(43)52(49)40-24-19-37(20-25-40)35-15-17-36(18-16-35)38-21-26-41(27-22-38)53-47-12-8-6-10-44(47)51(3,4)45-32-34(2)14-29-48(45)53/h5,7,9,11,13-30,33-34,44,47H,6,8,10,12,31-32H2,1-4H3. The van der Waals surface area contributed by atoms with Gasteiger partial charge in [0.1, 0.15) is 0 Å². The smallest absolute Gasteiger partial charge is 0.0547 e. The Morgan fingerprint density at radius 3 is 1.91 bits per heavy atom. The van der Waals surface area contributed by atoms with Gasteiger partial charge in [-0.2, -0.15) is 0 Å². The van der Waals surface area contributed by atoms with Crippen molar-refractivity contribution in [1.82, 2.24) is 4.57 Å². The summed E-state index contributed by atoms with van der Waals surface area (Å²) in [4.78, 5) is 2.73. The van der Waals surface area contributed by atoms with Crippen LogP contribution in [-0.2, 0) is 6.42 Å². The normalized spacial score (nSPS) is 23.3. The molecule has 4 unspecified atom stereocenters. The summed E-state index contributed by atoms with van der Waals surface area (Å²) in [6.45, 7) is 9.75.